The first kappa shape index (κ1) is 14.5. The number of piperazine rings is 1. The van der Waals surface area contributed by atoms with E-state index < -0.39 is 0 Å². The maximum atomic E-state index is 12.1. The third kappa shape index (κ3) is 3.36. The molecule has 1 aliphatic heterocycles. The van der Waals surface area contributed by atoms with E-state index in [1.54, 1.807) is 24.8 Å². The third-order valence-corrected chi connectivity index (χ3v) is 3.56. The van der Waals surface area contributed by atoms with Crippen LogP contribution in [0.2, 0.25) is 0 Å². The first-order chi connectivity index (χ1) is 9.47. The highest BCUT2D eigenvalue weighted by molar-refractivity contribution is 5.93. The average Bonchev–Trinajstić information content (AvgIpc) is 2.83. The fourth-order valence-electron chi connectivity index (χ4n) is 2.24. The first-order valence-corrected chi connectivity index (χ1v) is 6.71. The van der Waals surface area contributed by atoms with E-state index in [4.69, 9.17) is 4.52 Å². The Kier molecular flexibility index (Phi) is 4.39. The summed E-state index contributed by atoms with van der Waals surface area (Å²) < 4.78 is 4.97. The van der Waals surface area contributed by atoms with Crippen molar-refractivity contribution in [3.05, 3.63) is 11.8 Å². The van der Waals surface area contributed by atoms with Crippen LogP contribution in [0.15, 0.2) is 10.6 Å². The molecule has 0 bridgehead atoms. The average molecular weight is 280 g/mol. The van der Waals surface area contributed by atoms with Crippen LogP contribution in [-0.2, 0) is 9.59 Å². The summed E-state index contributed by atoms with van der Waals surface area (Å²) in [4.78, 5) is 27.2. The molecule has 7 heteroatoms. The van der Waals surface area contributed by atoms with E-state index in [0.29, 0.717) is 32.1 Å². The van der Waals surface area contributed by atoms with Crippen LogP contribution in [-0.4, -0.2) is 59.0 Å². The van der Waals surface area contributed by atoms with Crippen LogP contribution >= 0.6 is 0 Å². The summed E-state index contributed by atoms with van der Waals surface area (Å²) in [7, 11) is 0. The molecule has 1 aliphatic rings. The van der Waals surface area contributed by atoms with Crippen molar-refractivity contribution in [1.82, 2.24) is 15.0 Å². The minimum atomic E-state index is -0.269. The molecule has 1 N–H and O–H groups in total. The highest BCUT2D eigenvalue weighted by Gasteiger charge is 2.26. The Hall–Kier alpha value is -1.89. The molecule has 2 rings (SSSR count). The second-order valence-corrected chi connectivity index (χ2v) is 5.04. The number of aromatic nitrogens is 1. The lowest BCUT2D eigenvalue weighted by atomic mass is 10.2. The molecule has 0 radical (unpaired) electrons. The predicted octanol–water partition coefficient (Wildman–Crippen LogP) is 0.474. The molecule has 0 unspecified atom stereocenters. The lowest BCUT2D eigenvalue weighted by Gasteiger charge is -2.36. The molecular formula is C13H20N4O3. The number of hydrogen-bond acceptors (Lipinski definition) is 5. The fourth-order valence-corrected chi connectivity index (χ4v) is 2.24. The number of rotatable bonds is 3. The van der Waals surface area contributed by atoms with Crippen LogP contribution in [0.5, 0.6) is 0 Å². The zero-order valence-electron chi connectivity index (χ0n) is 12.0. The molecule has 2 amide bonds. The molecule has 1 aromatic rings. The predicted molar refractivity (Wildman–Crippen MR) is 73.2 cm³/mol. The SMILES string of the molecule is CC(=O)N1CCN([C@H](C)C(=O)Nc2cc(C)no2)CC1. The van der Waals surface area contributed by atoms with E-state index in [0.717, 1.165) is 5.69 Å². The highest BCUT2D eigenvalue weighted by atomic mass is 16.5. The molecule has 1 saturated heterocycles. The van der Waals surface area contributed by atoms with Crippen molar-refractivity contribution < 1.29 is 14.1 Å². The van der Waals surface area contributed by atoms with Crippen LogP contribution in [0.25, 0.3) is 0 Å². The van der Waals surface area contributed by atoms with E-state index in [1.807, 2.05) is 6.92 Å². The van der Waals surface area contributed by atoms with Gasteiger partial charge in [0.1, 0.15) is 0 Å². The van der Waals surface area contributed by atoms with Gasteiger partial charge in [-0.25, -0.2) is 0 Å². The lowest BCUT2D eigenvalue weighted by molar-refractivity contribution is -0.131. The van der Waals surface area contributed by atoms with Crippen LogP contribution in [0, 0.1) is 6.92 Å². The number of aryl methyl sites for hydroxylation is 1. The topological polar surface area (TPSA) is 78.7 Å². The standard InChI is InChI=1S/C13H20N4O3/c1-9-8-12(20-15-9)14-13(19)10(2)16-4-6-17(7-5-16)11(3)18/h8,10H,4-7H2,1-3H3,(H,14,19)/t10-/m1/s1. The van der Waals surface area contributed by atoms with Crippen molar-refractivity contribution >= 4 is 17.7 Å². The number of hydrogen-bond donors (Lipinski definition) is 1. The molecule has 0 saturated carbocycles. The van der Waals surface area contributed by atoms with E-state index in [2.05, 4.69) is 15.4 Å². The lowest BCUT2D eigenvalue weighted by Crippen LogP contribution is -2.53. The van der Waals surface area contributed by atoms with Crippen molar-refractivity contribution in [1.29, 1.82) is 0 Å². The second kappa shape index (κ2) is 6.04. The Balaban J connectivity index is 1.86. The minimum absolute atomic E-state index is 0.0823. The molecule has 0 spiro atoms. The summed E-state index contributed by atoms with van der Waals surface area (Å²) in [6, 6.07) is 1.41. The van der Waals surface area contributed by atoms with Gasteiger partial charge in [-0.3, -0.25) is 19.8 Å². The van der Waals surface area contributed by atoms with Gasteiger partial charge in [0, 0.05) is 39.2 Å². The monoisotopic (exact) mass is 280 g/mol. The molecule has 0 aliphatic carbocycles. The maximum Gasteiger partial charge on any atom is 0.243 e. The van der Waals surface area contributed by atoms with Gasteiger partial charge >= 0.3 is 0 Å². The van der Waals surface area contributed by atoms with E-state index >= 15 is 0 Å². The Bertz CT molecular complexity index is 492. The van der Waals surface area contributed by atoms with Crippen LogP contribution < -0.4 is 5.32 Å². The van der Waals surface area contributed by atoms with Crippen molar-refractivity contribution in [3.63, 3.8) is 0 Å². The Morgan fingerprint density at radius 1 is 1.35 bits per heavy atom. The van der Waals surface area contributed by atoms with Crippen molar-refractivity contribution in [2.75, 3.05) is 31.5 Å². The second-order valence-electron chi connectivity index (χ2n) is 5.04. The number of nitrogens with one attached hydrogen (secondary N) is 1. The van der Waals surface area contributed by atoms with Gasteiger partial charge in [0.2, 0.25) is 17.7 Å². The van der Waals surface area contributed by atoms with Crippen molar-refractivity contribution in [2.24, 2.45) is 0 Å². The van der Waals surface area contributed by atoms with E-state index in [1.165, 1.54) is 0 Å². The number of carbonyl (C=O) groups excluding carboxylic acids is 2. The molecule has 2 heterocycles. The van der Waals surface area contributed by atoms with Gasteiger partial charge in [-0.1, -0.05) is 5.16 Å². The molecule has 110 valence electrons. The van der Waals surface area contributed by atoms with Gasteiger partial charge in [-0.05, 0) is 13.8 Å². The van der Waals surface area contributed by atoms with Gasteiger partial charge in [0.25, 0.3) is 0 Å². The summed E-state index contributed by atoms with van der Waals surface area (Å²) >= 11 is 0. The Morgan fingerprint density at radius 3 is 2.50 bits per heavy atom. The number of carbonyl (C=O) groups is 2. The van der Waals surface area contributed by atoms with Crippen LogP contribution in [0.4, 0.5) is 5.88 Å². The quantitative estimate of drug-likeness (QED) is 0.871. The summed E-state index contributed by atoms with van der Waals surface area (Å²) in [6.07, 6.45) is 0. The summed E-state index contributed by atoms with van der Waals surface area (Å²) in [5.74, 6) is 0.318. The Morgan fingerprint density at radius 2 is 2.00 bits per heavy atom. The van der Waals surface area contributed by atoms with Gasteiger partial charge in [0.05, 0.1) is 11.7 Å². The Labute approximate surface area is 117 Å². The summed E-state index contributed by atoms with van der Waals surface area (Å²) in [5, 5.41) is 6.43. The summed E-state index contributed by atoms with van der Waals surface area (Å²) in [5.41, 5.74) is 0.725. The number of nitrogens with zero attached hydrogens (tertiary/aromatic N) is 3. The molecule has 20 heavy (non-hydrogen) atoms. The van der Waals surface area contributed by atoms with Crippen LogP contribution in [0.1, 0.15) is 19.5 Å². The van der Waals surface area contributed by atoms with Gasteiger partial charge < -0.3 is 9.42 Å². The van der Waals surface area contributed by atoms with Crippen molar-refractivity contribution in [3.8, 4) is 0 Å². The molecule has 7 nitrogen and oxygen atoms in total. The highest BCUT2D eigenvalue weighted by Crippen LogP contribution is 2.12. The zero-order chi connectivity index (χ0) is 14.7. The van der Waals surface area contributed by atoms with E-state index in [9.17, 15) is 9.59 Å². The van der Waals surface area contributed by atoms with Crippen molar-refractivity contribution in [2.45, 2.75) is 26.8 Å². The minimum Gasteiger partial charge on any atom is -0.340 e. The normalized spacial score (nSPS) is 17.9. The fraction of sp³-hybridized carbons (Fsp3) is 0.615. The largest absolute Gasteiger partial charge is 0.340 e. The number of amides is 2. The maximum absolute atomic E-state index is 12.1. The van der Waals surface area contributed by atoms with E-state index in [-0.39, 0.29) is 17.9 Å². The van der Waals surface area contributed by atoms with Gasteiger partial charge in [-0.15, -0.1) is 0 Å². The molecule has 1 aromatic heterocycles. The van der Waals surface area contributed by atoms with Gasteiger partial charge in [-0.2, -0.15) is 0 Å². The first-order valence-electron chi connectivity index (χ1n) is 6.71. The number of anilines is 1. The third-order valence-electron chi connectivity index (χ3n) is 3.56. The zero-order valence-corrected chi connectivity index (χ0v) is 12.0. The van der Waals surface area contributed by atoms with Crippen LogP contribution in [0.3, 0.4) is 0 Å². The molecule has 1 fully saturated rings. The molecular weight excluding hydrogens is 260 g/mol. The molecule has 1 atom stereocenters. The summed E-state index contributed by atoms with van der Waals surface area (Å²) in [6.45, 7) is 7.93. The smallest absolute Gasteiger partial charge is 0.243 e. The van der Waals surface area contributed by atoms with Gasteiger partial charge in [0.15, 0.2) is 0 Å². The molecule has 0 aromatic carbocycles.